The first-order valence-electron chi connectivity index (χ1n) is 9.23. The lowest BCUT2D eigenvalue weighted by Crippen LogP contribution is -2.48. The summed E-state index contributed by atoms with van der Waals surface area (Å²) in [6.45, 7) is 0. The summed E-state index contributed by atoms with van der Waals surface area (Å²) < 4.78 is 0. The Hall–Kier alpha value is -3.15. The van der Waals surface area contributed by atoms with Crippen LogP contribution in [0, 0.1) is 0 Å². The van der Waals surface area contributed by atoms with Gasteiger partial charge in [-0.1, -0.05) is 71.7 Å². The molecule has 0 saturated carbocycles. The zero-order valence-electron chi connectivity index (χ0n) is 15.6. The van der Waals surface area contributed by atoms with Gasteiger partial charge in [-0.3, -0.25) is 19.3 Å². The van der Waals surface area contributed by atoms with Crippen LogP contribution in [0.3, 0.4) is 0 Å². The molecular weight excluding hydrogens is 423 g/mol. The Balaban J connectivity index is 1.70. The van der Waals surface area contributed by atoms with E-state index in [1.165, 1.54) is 0 Å². The minimum Gasteiger partial charge on any atom is -0.323 e. The molecule has 1 N–H and O–H groups in total. The largest absolute Gasteiger partial charge is 0.323 e. The number of imide groups is 1. The molecule has 3 aromatic carbocycles. The van der Waals surface area contributed by atoms with Crippen molar-refractivity contribution in [3.05, 3.63) is 99.5 Å². The molecule has 150 valence electrons. The van der Waals surface area contributed by atoms with Crippen molar-refractivity contribution in [3.63, 3.8) is 0 Å². The SMILES string of the molecule is O=C(Nc1cccc(Cl)c1Cl)[C@H](Cc1ccccc1)N1C(=O)c2ccccc2C1=O. The molecule has 0 spiro atoms. The zero-order valence-corrected chi connectivity index (χ0v) is 17.2. The zero-order chi connectivity index (χ0) is 21.3. The maximum Gasteiger partial charge on any atom is 0.262 e. The number of anilines is 1. The van der Waals surface area contributed by atoms with Crippen LogP contribution in [0.5, 0.6) is 0 Å². The van der Waals surface area contributed by atoms with Gasteiger partial charge in [0.1, 0.15) is 6.04 Å². The summed E-state index contributed by atoms with van der Waals surface area (Å²) in [4.78, 5) is 40.3. The van der Waals surface area contributed by atoms with Gasteiger partial charge in [0.05, 0.1) is 26.9 Å². The Labute approximate surface area is 183 Å². The van der Waals surface area contributed by atoms with E-state index in [9.17, 15) is 14.4 Å². The fourth-order valence-electron chi connectivity index (χ4n) is 3.45. The molecule has 1 aliphatic heterocycles. The number of hydrogen-bond donors (Lipinski definition) is 1. The lowest BCUT2D eigenvalue weighted by Gasteiger charge is -2.26. The quantitative estimate of drug-likeness (QED) is 0.579. The normalized spacial score (nSPS) is 13.9. The maximum atomic E-state index is 13.3. The molecule has 1 heterocycles. The monoisotopic (exact) mass is 438 g/mol. The molecule has 0 unspecified atom stereocenters. The van der Waals surface area contributed by atoms with E-state index in [0.29, 0.717) is 5.69 Å². The molecule has 0 fully saturated rings. The molecule has 5 nitrogen and oxygen atoms in total. The number of carbonyl (C=O) groups excluding carboxylic acids is 3. The third-order valence-corrected chi connectivity index (χ3v) is 5.74. The van der Waals surface area contributed by atoms with Crippen LogP contribution >= 0.6 is 23.2 Å². The van der Waals surface area contributed by atoms with Crippen molar-refractivity contribution in [2.45, 2.75) is 12.5 Å². The third kappa shape index (κ3) is 3.70. The molecule has 0 radical (unpaired) electrons. The van der Waals surface area contributed by atoms with Gasteiger partial charge in [0, 0.05) is 6.42 Å². The van der Waals surface area contributed by atoms with Crippen molar-refractivity contribution in [1.29, 1.82) is 0 Å². The second-order valence-electron chi connectivity index (χ2n) is 6.82. The van der Waals surface area contributed by atoms with Gasteiger partial charge in [0.2, 0.25) is 5.91 Å². The van der Waals surface area contributed by atoms with Gasteiger partial charge in [-0.15, -0.1) is 0 Å². The van der Waals surface area contributed by atoms with Crippen LogP contribution < -0.4 is 5.32 Å². The lowest BCUT2D eigenvalue weighted by molar-refractivity contribution is -0.119. The predicted molar refractivity (Wildman–Crippen MR) is 116 cm³/mol. The highest BCUT2D eigenvalue weighted by atomic mass is 35.5. The van der Waals surface area contributed by atoms with Crippen LogP contribution in [0.25, 0.3) is 0 Å². The Morgan fingerprint density at radius 3 is 2.07 bits per heavy atom. The molecule has 1 aliphatic rings. The first-order chi connectivity index (χ1) is 14.5. The van der Waals surface area contributed by atoms with Crippen LogP contribution in [0.4, 0.5) is 5.69 Å². The summed E-state index contributed by atoms with van der Waals surface area (Å²) in [6, 6.07) is 19.5. The Morgan fingerprint density at radius 1 is 0.833 bits per heavy atom. The summed E-state index contributed by atoms with van der Waals surface area (Å²) in [6.07, 6.45) is 0.163. The molecule has 4 rings (SSSR count). The average molecular weight is 439 g/mol. The number of halogens is 2. The summed E-state index contributed by atoms with van der Waals surface area (Å²) in [5.74, 6) is -1.52. The molecule has 0 aliphatic carbocycles. The number of rotatable bonds is 5. The topological polar surface area (TPSA) is 66.5 Å². The van der Waals surface area contributed by atoms with E-state index in [4.69, 9.17) is 23.2 Å². The number of nitrogens with zero attached hydrogens (tertiary/aromatic N) is 1. The van der Waals surface area contributed by atoms with Gasteiger partial charge < -0.3 is 5.32 Å². The Morgan fingerprint density at radius 2 is 1.43 bits per heavy atom. The van der Waals surface area contributed by atoms with Crippen molar-refractivity contribution >= 4 is 46.6 Å². The molecule has 0 aromatic heterocycles. The van der Waals surface area contributed by atoms with Gasteiger partial charge in [-0.2, -0.15) is 0 Å². The fraction of sp³-hybridized carbons (Fsp3) is 0.0870. The lowest BCUT2D eigenvalue weighted by atomic mass is 10.0. The highest BCUT2D eigenvalue weighted by Crippen LogP contribution is 2.31. The average Bonchev–Trinajstić information content (AvgIpc) is 3.01. The van der Waals surface area contributed by atoms with Crippen LogP contribution in [0.2, 0.25) is 10.0 Å². The van der Waals surface area contributed by atoms with E-state index in [0.717, 1.165) is 10.5 Å². The number of nitrogens with one attached hydrogen (secondary N) is 1. The van der Waals surface area contributed by atoms with Crippen LogP contribution in [0.1, 0.15) is 26.3 Å². The van der Waals surface area contributed by atoms with Crippen molar-refractivity contribution in [3.8, 4) is 0 Å². The van der Waals surface area contributed by atoms with Crippen molar-refractivity contribution in [2.24, 2.45) is 0 Å². The van der Waals surface area contributed by atoms with Crippen molar-refractivity contribution in [1.82, 2.24) is 4.90 Å². The summed E-state index contributed by atoms with van der Waals surface area (Å²) in [5, 5.41) is 3.19. The standard InChI is InChI=1S/C23H16Cl2N2O3/c24-17-11-6-12-18(20(17)25)26-21(28)19(13-14-7-2-1-3-8-14)27-22(29)15-9-4-5-10-16(15)23(27)30/h1-12,19H,13H2,(H,26,28)/t19-/m0/s1. The van der Waals surface area contributed by atoms with Gasteiger partial charge in [-0.05, 0) is 29.8 Å². The Bertz CT molecular complexity index is 1110. The van der Waals surface area contributed by atoms with Gasteiger partial charge in [-0.25, -0.2) is 0 Å². The van der Waals surface area contributed by atoms with E-state index in [2.05, 4.69) is 5.32 Å². The maximum absolute atomic E-state index is 13.3. The highest BCUT2D eigenvalue weighted by molar-refractivity contribution is 6.44. The molecule has 3 aromatic rings. The predicted octanol–water partition coefficient (Wildman–Crippen LogP) is 4.84. The summed E-state index contributed by atoms with van der Waals surface area (Å²) in [5.41, 5.74) is 1.69. The van der Waals surface area contributed by atoms with Crippen LogP contribution in [-0.2, 0) is 11.2 Å². The third-order valence-electron chi connectivity index (χ3n) is 4.92. The number of hydrogen-bond acceptors (Lipinski definition) is 3. The van der Waals surface area contributed by atoms with Gasteiger partial charge >= 0.3 is 0 Å². The van der Waals surface area contributed by atoms with Gasteiger partial charge in [0.15, 0.2) is 0 Å². The first-order valence-corrected chi connectivity index (χ1v) is 9.98. The van der Waals surface area contributed by atoms with E-state index in [-0.39, 0.29) is 27.6 Å². The van der Waals surface area contributed by atoms with Gasteiger partial charge in [0.25, 0.3) is 11.8 Å². The minimum atomic E-state index is -1.06. The van der Waals surface area contributed by atoms with E-state index in [1.807, 2.05) is 30.3 Å². The minimum absolute atomic E-state index is 0.163. The number of amides is 3. The Kier molecular flexibility index (Phi) is 5.57. The van der Waals surface area contributed by atoms with E-state index >= 15 is 0 Å². The number of benzene rings is 3. The molecule has 3 amide bonds. The fourth-order valence-corrected chi connectivity index (χ4v) is 3.79. The van der Waals surface area contributed by atoms with E-state index < -0.39 is 23.8 Å². The van der Waals surface area contributed by atoms with E-state index in [1.54, 1.807) is 42.5 Å². The first kappa shape index (κ1) is 20.1. The molecule has 30 heavy (non-hydrogen) atoms. The molecule has 0 bridgehead atoms. The summed E-state index contributed by atoms with van der Waals surface area (Å²) >= 11 is 12.2. The van der Waals surface area contributed by atoms with Crippen molar-refractivity contribution < 1.29 is 14.4 Å². The highest BCUT2D eigenvalue weighted by Gasteiger charge is 2.42. The second-order valence-corrected chi connectivity index (χ2v) is 7.61. The number of fused-ring (bicyclic) bond motifs is 1. The summed E-state index contributed by atoms with van der Waals surface area (Å²) in [7, 11) is 0. The molecule has 1 atom stereocenters. The second kappa shape index (κ2) is 8.30. The smallest absolute Gasteiger partial charge is 0.262 e. The molecular formula is C23H16Cl2N2O3. The van der Waals surface area contributed by atoms with Crippen molar-refractivity contribution in [2.75, 3.05) is 5.32 Å². The number of carbonyl (C=O) groups is 3. The molecule has 0 saturated heterocycles. The van der Waals surface area contributed by atoms with Crippen LogP contribution in [0.15, 0.2) is 72.8 Å². The molecule has 7 heteroatoms. The van der Waals surface area contributed by atoms with Crippen LogP contribution in [-0.4, -0.2) is 28.7 Å².